The average molecular weight is 345 g/mol. The molecule has 1 aliphatic heterocycles. The van der Waals surface area contributed by atoms with E-state index in [-0.39, 0.29) is 11.4 Å². The second-order valence-corrected chi connectivity index (χ2v) is 5.93. The first-order chi connectivity index (χ1) is 8.09. The molecular formula is C13H16INO2. The Bertz CT molecular complexity index is 414. The normalized spacial score (nSPS) is 24.4. The highest BCUT2D eigenvalue weighted by molar-refractivity contribution is 14.1. The Kier molecular flexibility index (Phi) is 4.04. The quantitative estimate of drug-likeness (QED) is 0.837. The molecule has 0 aromatic heterocycles. The van der Waals surface area contributed by atoms with Gasteiger partial charge in [-0.2, -0.15) is 0 Å². The molecule has 0 saturated carbocycles. The van der Waals surface area contributed by atoms with Gasteiger partial charge in [-0.15, -0.1) is 0 Å². The van der Waals surface area contributed by atoms with E-state index < -0.39 is 0 Å². The minimum absolute atomic E-state index is 0.0171. The van der Waals surface area contributed by atoms with Crippen molar-refractivity contribution in [2.45, 2.75) is 25.3 Å². The predicted octanol–water partition coefficient (Wildman–Crippen LogP) is 2.59. The molecule has 1 atom stereocenters. The van der Waals surface area contributed by atoms with Crippen LogP contribution in [0.3, 0.4) is 0 Å². The van der Waals surface area contributed by atoms with Crippen LogP contribution in [-0.2, 0) is 4.74 Å². The topological polar surface area (TPSA) is 38.3 Å². The molecule has 1 heterocycles. The lowest BCUT2D eigenvalue weighted by Gasteiger charge is -2.34. The zero-order valence-corrected chi connectivity index (χ0v) is 12.0. The third-order valence-electron chi connectivity index (χ3n) is 2.94. The van der Waals surface area contributed by atoms with Crippen molar-refractivity contribution < 1.29 is 9.53 Å². The lowest BCUT2D eigenvalue weighted by Crippen LogP contribution is -2.51. The van der Waals surface area contributed by atoms with E-state index in [0.717, 1.165) is 23.0 Å². The fourth-order valence-electron chi connectivity index (χ4n) is 2.01. The molecule has 1 amide bonds. The van der Waals surface area contributed by atoms with Crippen molar-refractivity contribution in [1.82, 2.24) is 5.32 Å². The number of hydrogen-bond donors (Lipinski definition) is 1. The molecule has 2 rings (SSSR count). The minimum atomic E-state index is -0.226. The molecule has 17 heavy (non-hydrogen) atoms. The van der Waals surface area contributed by atoms with E-state index in [1.165, 1.54) is 0 Å². The van der Waals surface area contributed by atoms with Gasteiger partial charge in [0.15, 0.2) is 0 Å². The van der Waals surface area contributed by atoms with Crippen LogP contribution in [0.25, 0.3) is 0 Å². The third-order valence-corrected chi connectivity index (χ3v) is 3.61. The van der Waals surface area contributed by atoms with Crippen molar-refractivity contribution in [3.8, 4) is 0 Å². The number of nitrogens with one attached hydrogen (secondary N) is 1. The van der Waals surface area contributed by atoms with Crippen molar-refractivity contribution in [1.29, 1.82) is 0 Å². The summed E-state index contributed by atoms with van der Waals surface area (Å²) in [6, 6.07) is 7.60. The van der Waals surface area contributed by atoms with Gasteiger partial charge in [-0.05, 0) is 60.6 Å². The molecule has 92 valence electrons. The third kappa shape index (κ3) is 3.42. The number of rotatable bonds is 2. The average Bonchev–Trinajstić information content (AvgIpc) is 2.29. The maximum Gasteiger partial charge on any atom is 0.251 e. The van der Waals surface area contributed by atoms with Gasteiger partial charge in [0.25, 0.3) is 5.91 Å². The molecule has 1 aromatic carbocycles. The Labute approximate surface area is 115 Å². The van der Waals surface area contributed by atoms with Gasteiger partial charge in [-0.1, -0.05) is 6.07 Å². The van der Waals surface area contributed by atoms with Crippen molar-refractivity contribution in [2.24, 2.45) is 0 Å². The highest BCUT2D eigenvalue weighted by atomic mass is 127. The van der Waals surface area contributed by atoms with Crippen LogP contribution in [0.5, 0.6) is 0 Å². The maximum absolute atomic E-state index is 12.1. The van der Waals surface area contributed by atoms with Gasteiger partial charge < -0.3 is 10.1 Å². The Morgan fingerprint density at radius 3 is 3.00 bits per heavy atom. The first-order valence-corrected chi connectivity index (χ1v) is 6.83. The number of halogens is 1. The van der Waals surface area contributed by atoms with Crippen LogP contribution >= 0.6 is 22.6 Å². The van der Waals surface area contributed by atoms with Gasteiger partial charge in [0.05, 0.1) is 12.1 Å². The van der Waals surface area contributed by atoms with Crippen LogP contribution in [0.15, 0.2) is 24.3 Å². The first-order valence-electron chi connectivity index (χ1n) is 5.75. The number of benzene rings is 1. The smallest absolute Gasteiger partial charge is 0.251 e. The lowest BCUT2D eigenvalue weighted by molar-refractivity contribution is 0.0272. The molecule has 0 spiro atoms. The summed E-state index contributed by atoms with van der Waals surface area (Å²) in [5.41, 5.74) is 0.486. The number of hydrogen-bond acceptors (Lipinski definition) is 2. The molecular weight excluding hydrogens is 329 g/mol. The minimum Gasteiger partial charge on any atom is -0.379 e. The monoisotopic (exact) mass is 345 g/mol. The Balaban J connectivity index is 2.06. The van der Waals surface area contributed by atoms with E-state index in [2.05, 4.69) is 27.9 Å². The van der Waals surface area contributed by atoms with E-state index in [0.29, 0.717) is 12.2 Å². The van der Waals surface area contributed by atoms with Crippen LogP contribution in [-0.4, -0.2) is 24.7 Å². The standard InChI is InChI=1S/C13H16INO2/c1-13(6-3-7-17-9-13)15-12(16)10-4-2-5-11(14)8-10/h2,4-5,8H,3,6-7,9H2,1H3,(H,15,16). The molecule has 1 unspecified atom stereocenters. The summed E-state index contributed by atoms with van der Waals surface area (Å²) in [7, 11) is 0. The fraction of sp³-hybridized carbons (Fsp3) is 0.462. The van der Waals surface area contributed by atoms with Crippen molar-refractivity contribution in [2.75, 3.05) is 13.2 Å². The summed E-state index contributed by atoms with van der Waals surface area (Å²) >= 11 is 2.21. The second-order valence-electron chi connectivity index (χ2n) is 4.68. The first kappa shape index (κ1) is 12.8. The molecule has 0 radical (unpaired) electrons. The van der Waals surface area contributed by atoms with E-state index in [1.54, 1.807) is 0 Å². The van der Waals surface area contributed by atoms with Crippen LogP contribution in [0, 0.1) is 3.57 Å². The van der Waals surface area contributed by atoms with E-state index in [1.807, 2.05) is 31.2 Å². The summed E-state index contributed by atoms with van der Waals surface area (Å²) in [6.45, 7) is 3.44. The van der Waals surface area contributed by atoms with Gasteiger partial charge in [0, 0.05) is 15.7 Å². The Morgan fingerprint density at radius 2 is 2.35 bits per heavy atom. The zero-order valence-electron chi connectivity index (χ0n) is 9.83. The number of carbonyl (C=O) groups is 1. The molecule has 1 aliphatic rings. The molecule has 1 N–H and O–H groups in total. The van der Waals surface area contributed by atoms with Crippen molar-refractivity contribution >= 4 is 28.5 Å². The van der Waals surface area contributed by atoms with Crippen molar-refractivity contribution in [3.63, 3.8) is 0 Å². The molecule has 3 nitrogen and oxygen atoms in total. The van der Waals surface area contributed by atoms with Gasteiger partial charge in [-0.3, -0.25) is 4.79 Å². The predicted molar refractivity (Wildman–Crippen MR) is 75.1 cm³/mol. The van der Waals surface area contributed by atoms with E-state index >= 15 is 0 Å². The molecule has 4 heteroatoms. The lowest BCUT2D eigenvalue weighted by atomic mass is 9.94. The molecule has 0 aliphatic carbocycles. The SMILES string of the molecule is CC1(NC(=O)c2cccc(I)c2)CCCOC1. The van der Waals surface area contributed by atoms with Crippen LogP contribution in [0.4, 0.5) is 0 Å². The summed E-state index contributed by atoms with van der Waals surface area (Å²) < 4.78 is 6.50. The molecule has 0 bridgehead atoms. The summed E-state index contributed by atoms with van der Waals surface area (Å²) in [5.74, 6) is -0.0171. The van der Waals surface area contributed by atoms with Gasteiger partial charge in [-0.25, -0.2) is 0 Å². The van der Waals surface area contributed by atoms with Crippen LogP contribution < -0.4 is 5.32 Å². The number of amides is 1. The highest BCUT2D eigenvalue weighted by Crippen LogP contribution is 2.19. The Morgan fingerprint density at radius 1 is 1.53 bits per heavy atom. The summed E-state index contributed by atoms with van der Waals surface area (Å²) in [4.78, 5) is 12.1. The van der Waals surface area contributed by atoms with E-state index in [4.69, 9.17) is 4.74 Å². The zero-order chi connectivity index (χ0) is 12.3. The molecule has 1 fully saturated rings. The fourth-order valence-corrected chi connectivity index (χ4v) is 2.55. The largest absolute Gasteiger partial charge is 0.379 e. The summed E-state index contributed by atoms with van der Waals surface area (Å²) in [5, 5.41) is 3.07. The van der Waals surface area contributed by atoms with Gasteiger partial charge >= 0.3 is 0 Å². The Hall–Kier alpha value is -0.620. The van der Waals surface area contributed by atoms with Gasteiger partial charge in [0.1, 0.15) is 0 Å². The number of ether oxygens (including phenoxy) is 1. The van der Waals surface area contributed by atoms with Gasteiger partial charge in [0.2, 0.25) is 0 Å². The summed E-state index contributed by atoms with van der Waals surface area (Å²) in [6.07, 6.45) is 1.98. The van der Waals surface area contributed by atoms with Crippen LogP contribution in [0.2, 0.25) is 0 Å². The second kappa shape index (κ2) is 5.35. The van der Waals surface area contributed by atoms with Crippen LogP contribution in [0.1, 0.15) is 30.1 Å². The van der Waals surface area contributed by atoms with E-state index in [9.17, 15) is 4.79 Å². The molecule has 1 saturated heterocycles. The number of carbonyl (C=O) groups excluding carboxylic acids is 1. The maximum atomic E-state index is 12.1. The van der Waals surface area contributed by atoms with Crippen molar-refractivity contribution in [3.05, 3.63) is 33.4 Å². The molecule has 1 aromatic rings. The highest BCUT2D eigenvalue weighted by Gasteiger charge is 2.29.